The lowest BCUT2D eigenvalue weighted by Crippen LogP contribution is -2.39. The maximum absolute atomic E-state index is 14.1. The fourth-order valence-corrected chi connectivity index (χ4v) is 9.92. The number of esters is 8. The average Bonchev–Trinajstić information content (AvgIpc) is 0.836. The molecule has 1 radical (unpaired) electrons. The molecular weight excluding hydrogens is 1310 g/mol. The Hall–Kier alpha value is -11.0. The van der Waals surface area contributed by atoms with Crippen molar-refractivity contribution < 1.29 is 95.4 Å². The molecule has 0 spiro atoms. The van der Waals surface area contributed by atoms with Gasteiger partial charge in [-0.15, -0.1) is 0 Å². The lowest BCUT2D eigenvalue weighted by atomic mass is 9.90. The first-order chi connectivity index (χ1) is 49.6. The first kappa shape index (κ1) is 79.9. The molecule has 0 aliphatic carbocycles. The second kappa shape index (κ2) is 47.1. The van der Waals surface area contributed by atoms with Gasteiger partial charge in [0.15, 0.2) is 12.2 Å². The van der Waals surface area contributed by atoms with Gasteiger partial charge in [0, 0.05) is 90.4 Å². The Balaban J connectivity index is 0.966. The van der Waals surface area contributed by atoms with E-state index in [1.807, 2.05) is 84.9 Å². The van der Waals surface area contributed by atoms with E-state index in [9.17, 15) is 57.5 Å². The van der Waals surface area contributed by atoms with Crippen molar-refractivity contribution in [3.05, 3.63) is 222 Å². The van der Waals surface area contributed by atoms with Gasteiger partial charge in [-0.2, -0.15) is 0 Å². The second-order valence-corrected chi connectivity index (χ2v) is 23.6. The number of carbonyl (C=O) groups is 12. The molecule has 0 aromatic heterocycles. The van der Waals surface area contributed by atoms with Crippen LogP contribution in [0.25, 0.3) is 0 Å². The molecular formula is C78H89N4O20. The van der Waals surface area contributed by atoms with E-state index in [0.29, 0.717) is 5.56 Å². The number of ether oxygens (including phenoxy) is 8. The van der Waals surface area contributed by atoms with Crippen LogP contribution in [0.2, 0.25) is 0 Å². The maximum Gasteiger partial charge on any atom is 0.306 e. The van der Waals surface area contributed by atoms with Crippen molar-refractivity contribution in [2.75, 3.05) is 26.2 Å². The molecule has 0 saturated heterocycles. The van der Waals surface area contributed by atoms with Crippen LogP contribution in [-0.2, 0) is 128 Å². The van der Waals surface area contributed by atoms with Crippen LogP contribution < -0.4 is 21.3 Å². The van der Waals surface area contributed by atoms with E-state index in [4.69, 9.17) is 37.9 Å². The first-order valence-electron chi connectivity index (χ1n) is 34.1. The van der Waals surface area contributed by atoms with Crippen LogP contribution in [0.5, 0.6) is 0 Å². The van der Waals surface area contributed by atoms with Crippen molar-refractivity contribution in [2.45, 2.75) is 154 Å². The third-order valence-electron chi connectivity index (χ3n) is 15.4. The predicted molar refractivity (Wildman–Crippen MR) is 370 cm³/mol. The molecule has 6 aromatic rings. The summed E-state index contributed by atoms with van der Waals surface area (Å²) in [7, 11) is 0. The Labute approximate surface area is 593 Å². The molecule has 4 amide bonds. The molecule has 0 saturated carbocycles. The minimum atomic E-state index is -1.49. The van der Waals surface area contributed by atoms with E-state index < -0.39 is 95.6 Å². The standard InChI is InChI=1S/C78H89N4O20/c83-66(36-19-37-72(89)100-64(43-46-70(87)98-55-60-30-13-4-14-31-60)77(93)81-50-21-39-68(85)96-53-58-26-9-2-10-27-58)79-48-22-40-73(90)101-65(44-47-71(88)99-56-61-32-15-5-16-33-61)78(94)82-51-23-41-74(91)102-75(62-34-17-6-18-35-62)63(42-45-69(86)97-54-59-28-11-3-12-29-59)76(92)80-49-20-38-67(84)95-52-57-24-7-1-8-25-57/h1-18,24-36,63-65,75H,19-23,37-56H2,(H,79,83)(H,80,92)(H,81,93)(H,82,94). The van der Waals surface area contributed by atoms with Crippen LogP contribution in [0.1, 0.15) is 142 Å². The van der Waals surface area contributed by atoms with E-state index in [1.54, 1.807) is 97.1 Å². The SMILES string of the molecule is O=C([CH]CCC(=O)OC(CCC(=O)OCc1ccccc1)C(=O)NCCCC(=O)OCc1ccccc1)NCCCC(=O)OC(CCC(=O)OCc1ccccc1)C(=O)NCCCC(=O)OC(c1ccccc1)C(CCC(=O)OCc1ccccc1)C(=O)NCCCC(=O)OCc1ccccc1. The topological polar surface area (TPSA) is 327 Å². The number of amides is 4. The summed E-state index contributed by atoms with van der Waals surface area (Å²) in [5.74, 6) is -8.98. The third kappa shape index (κ3) is 33.7. The summed E-state index contributed by atoms with van der Waals surface area (Å²) in [4.78, 5) is 158. The minimum absolute atomic E-state index is 0.00127. The molecule has 0 heterocycles. The van der Waals surface area contributed by atoms with Gasteiger partial charge in [-0.3, -0.25) is 57.5 Å². The molecule has 0 aliphatic rings. The van der Waals surface area contributed by atoms with Crippen molar-refractivity contribution in [3.63, 3.8) is 0 Å². The molecule has 4 N–H and O–H groups in total. The quantitative estimate of drug-likeness (QED) is 0.0157. The highest BCUT2D eigenvalue weighted by Gasteiger charge is 2.34. The zero-order chi connectivity index (χ0) is 72.8. The molecule has 0 aliphatic heterocycles. The Morgan fingerprint density at radius 2 is 0.578 bits per heavy atom. The fourth-order valence-electron chi connectivity index (χ4n) is 9.92. The number of carbonyl (C=O) groups excluding carboxylic acids is 12. The van der Waals surface area contributed by atoms with Gasteiger partial charge in [0.25, 0.3) is 11.8 Å². The summed E-state index contributed by atoms with van der Waals surface area (Å²) in [6.45, 7) is 0.0846. The van der Waals surface area contributed by atoms with Gasteiger partial charge in [-0.25, -0.2) is 0 Å². The Kier molecular flexibility index (Phi) is 36.9. The smallest absolute Gasteiger partial charge is 0.306 e. The van der Waals surface area contributed by atoms with Crippen LogP contribution >= 0.6 is 0 Å². The van der Waals surface area contributed by atoms with E-state index in [2.05, 4.69) is 21.3 Å². The highest BCUT2D eigenvalue weighted by atomic mass is 16.6. The number of hydrogen-bond acceptors (Lipinski definition) is 20. The largest absolute Gasteiger partial charge is 0.461 e. The molecule has 24 nitrogen and oxygen atoms in total. The van der Waals surface area contributed by atoms with Crippen molar-refractivity contribution in [1.82, 2.24) is 21.3 Å². The summed E-state index contributed by atoms with van der Waals surface area (Å²) in [6.07, 6.45) is -4.76. The molecule has 0 fully saturated rings. The van der Waals surface area contributed by atoms with Gasteiger partial charge in [-0.05, 0) is 71.9 Å². The van der Waals surface area contributed by atoms with Crippen LogP contribution in [-0.4, -0.2) is 110 Å². The summed E-state index contributed by atoms with van der Waals surface area (Å²) in [5, 5.41) is 10.7. The second-order valence-electron chi connectivity index (χ2n) is 23.6. The number of benzene rings is 6. The van der Waals surface area contributed by atoms with Crippen molar-refractivity contribution >= 4 is 71.4 Å². The fraction of sp³-hybridized carbons (Fsp3) is 0.372. The predicted octanol–water partition coefficient (Wildman–Crippen LogP) is 9.34. The maximum atomic E-state index is 14.1. The Bertz CT molecular complexity index is 3570. The summed E-state index contributed by atoms with van der Waals surface area (Å²) < 4.78 is 44.0. The molecule has 24 heteroatoms. The molecule has 4 atom stereocenters. The van der Waals surface area contributed by atoms with Crippen molar-refractivity contribution in [2.24, 2.45) is 5.92 Å². The van der Waals surface area contributed by atoms with Gasteiger partial charge in [0.1, 0.15) is 39.1 Å². The minimum Gasteiger partial charge on any atom is -0.461 e. The Morgan fingerprint density at radius 3 is 0.941 bits per heavy atom. The van der Waals surface area contributed by atoms with Crippen molar-refractivity contribution in [3.8, 4) is 0 Å². The highest BCUT2D eigenvalue weighted by Crippen LogP contribution is 2.31. The molecule has 541 valence electrons. The molecule has 4 unspecified atom stereocenters. The zero-order valence-electron chi connectivity index (χ0n) is 57.0. The van der Waals surface area contributed by atoms with Crippen LogP contribution in [0.15, 0.2) is 182 Å². The number of rotatable bonds is 47. The number of nitrogens with one attached hydrogen (secondary N) is 4. The third-order valence-corrected chi connectivity index (χ3v) is 15.4. The number of hydrogen-bond donors (Lipinski definition) is 4. The van der Waals surface area contributed by atoms with Gasteiger partial charge < -0.3 is 59.2 Å². The monoisotopic (exact) mass is 1400 g/mol. The molecule has 6 aromatic carbocycles. The average molecular weight is 1400 g/mol. The Morgan fingerprint density at radius 1 is 0.294 bits per heavy atom. The van der Waals surface area contributed by atoms with E-state index in [-0.39, 0.29) is 162 Å². The lowest BCUT2D eigenvalue weighted by molar-refractivity contribution is -0.158. The van der Waals surface area contributed by atoms with Gasteiger partial charge in [0.2, 0.25) is 11.8 Å². The normalized spacial score (nSPS) is 11.9. The van der Waals surface area contributed by atoms with Crippen molar-refractivity contribution in [1.29, 1.82) is 0 Å². The summed E-state index contributed by atoms with van der Waals surface area (Å²) in [6, 6.07) is 53.7. The van der Waals surface area contributed by atoms with Gasteiger partial charge >= 0.3 is 47.8 Å². The lowest BCUT2D eigenvalue weighted by Gasteiger charge is -2.27. The molecule has 102 heavy (non-hydrogen) atoms. The van der Waals surface area contributed by atoms with E-state index in [0.717, 1.165) is 27.8 Å². The van der Waals surface area contributed by atoms with Crippen LogP contribution in [0, 0.1) is 12.3 Å². The van der Waals surface area contributed by atoms with Gasteiger partial charge in [0.05, 0.1) is 12.3 Å². The molecule has 6 rings (SSSR count). The highest BCUT2D eigenvalue weighted by molar-refractivity contribution is 5.87. The zero-order valence-corrected chi connectivity index (χ0v) is 57.0. The van der Waals surface area contributed by atoms with Crippen LogP contribution in [0.4, 0.5) is 0 Å². The van der Waals surface area contributed by atoms with E-state index in [1.165, 1.54) is 6.42 Å². The first-order valence-corrected chi connectivity index (χ1v) is 34.1. The summed E-state index contributed by atoms with van der Waals surface area (Å²) >= 11 is 0. The van der Waals surface area contributed by atoms with Gasteiger partial charge in [-0.1, -0.05) is 182 Å². The van der Waals surface area contributed by atoms with Crippen LogP contribution in [0.3, 0.4) is 0 Å². The summed E-state index contributed by atoms with van der Waals surface area (Å²) in [5.41, 5.74) is 4.33. The molecule has 0 bridgehead atoms. The van der Waals surface area contributed by atoms with E-state index >= 15 is 0 Å².